The molecule has 116 valence electrons. The van der Waals surface area contributed by atoms with Gasteiger partial charge in [0.05, 0.1) is 0 Å². The third-order valence-electron chi connectivity index (χ3n) is 4.05. The van der Waals surface area contributed by atoms with E-state index in [4.69, 9.17) is 0 Å². The number of rotatable bonds is 5. The molecule has 0 spiro atoms. The second-order valence-electron chi connectivity index (χ2n) is 5.93. The smallest absolute Gasteiger partial charge is 0.254 e. The zero-order chi connectivity index (χ0) is 15.2. The van der Waals surface area contributed by atoms with Crippen molar-refractivity contribution in [3.63, 3.8) is 0 Å². The Labute approximate surface area is 132 Å². The van der Waals surface area contributed by atoms with Crippen LogP contribution in [0.3, 0.4) is 0 Å². The Balaban J connectivity index is 2.06. The quantitative estimate of drug-likeness (QED) is 0.846. The highest BCUT2D eigenvalue weighted by Crippen LogP contribution is 2.18. The van der Waals surface area contributed by atoms with Gasteiger partial charge in [-0.1, -0.05) is 6.42 Å². The van der Waals surface area contributed by atoms with Gasteiger partial charge in [0.15, 0.2) is 0 Å². The molecule has 1 N–H and O–H groups in total. The Morgan fingerprint density at radius 3 is 2.57 bits per heavy atom. The van der Waals surface area contributed by atoms with Crippen molar-refractivity contribution in [3.05, 3.63) is 29.8 Å². The first-order valence-electron chi connectivity index (χ1n) is 7.80. The van der Waals surface area contributed by atoms with Crippen LogP contribution < -0.4 is 5.32 Å². The van der Waals surface area contributed by atoms with E-state index in [2.05, 4.69) is 19.2 Å². The Hall–Kier alpha value is -1.00. The SMILES string of the molecule is CSc1ccc(C(=O)N(CC2CCCCN2)C(C)C)cc1. The first-order valence-corrected chi connectivity index (χ1v) is 9.02. The van der Waals surface area contributed by atoms with Crippen molar-refractivity contribution in [1.29, 1.82) is 0 Å². The van der Waals surface area contributed by atoms with Gasteiger partial charge in [0.2, 0.25) is 0 Å². The number of nitrogens with zero attached hydrogens (tertiary/aromatic N) is 1. The van der Waals surface area contributed by atoms with Gasteiger partial charge in [-0.15, -0.1) is 11.8 Å². The van der Waals surface area contributed by atoms with Crippen LogP contribution in [0.15, 0.2) is 29.2 Å². The number of thioether (sulfide) groups is 1. The topological polar surface area (TPSA) is 32.3 Å². The van der Waals surface area contributed by atoms with Crippen LogP contribution >= 0.6 is 11.8 Å². The highest BCUT2D eigenvalue weighted by Gasteiger charge is 2.23. The van der Waals surface area contributed by atoms with Crippen molar-refractivity contribution in [3.8, 4) is 0 Å². The maximum absolute atomic E-state index is 12.8. The molecule has 0 bridgehead atoms. The fourth-order valence-corrected chi connectivity index (χ4v) is 3.15. The fourth-order valence-electron chi connectivity index (χ4n) is 2.74. The van der Waals surface area contributed by atoms with Gasteiger partial charge in [-0.25, -0.2) is 0 Å². The Kier molecular flexibility index (Phi) is 6.12. The van der Waals surface area contributed by atoms with Crippen LogP contribution in [-0.4, -0.2) is 42.2 Å². The first kappa shape index (κ1) is 16.4. The zero-order valence-corrected chi connectivity index (χ0v) is 14.1. The van der Waals surface area contributed by atoms with Crippen LogP contribution in [0.4, 0.5) is 0 Å². The summed E-state index contributed by atoms with van der Waals surface area (Å²) in [6, 6.07) is 8.59. The maximum atomic E-state index is 12.8. The van der Waals surface area contributed by atoms with Crippen LogP contribution in [0.5, 0.6) is 0 Å². The van der Waals surface area contributed by atoms with Crippen molar-refractivity contribution in [2.24, 2.45) is 0 Å². The zero-order valence-electron chi connectivity index (χ0n) is 13.3. The summed E-state index contributed by atoms with van der Waals surface area (Å²) in [5.74, 6) is 0.144. The molecule has 1 fully saturated rings. The predicted octanol–water partition coefficient (Wildman–Crippen LogP) is 3.40. The Bertz CT molecular complexity index is 452. The largest absolute Gasteiger partial charge is 0.335 e. The number of nitrogens with one attached hydrogen (secondary N) is 1. The second kappa shape index (κ2) is 7.85. The number of hydrogen-bond donors (Lipinski definition) is 1. The van der Waals surface area contributed by atoms with E-state index in [0.29, 0.717) is 6.04 Å². The fraction of sp³-hybridized carbons (Fsp3) is 0.588. The Morgan fingerprint density at radius 2 is 2.05 bits per heavy atom. The van der Waals surface area contributed by atoms with Crippen LogP contribution in [-0.2, 0) is 0 Å². The van der Waals surface area contributed by atoms with Crippen LogP contribution in [0.2, 0.25) is 0 Å². The Morgan fingerprint density at radius 1 is 1.33 bits per heavy atom. The summed E-state index contributed by atoms with van der Waals surface area (Å²) in [7, 11) is 0. The molecule has 1 saturated heterocycles. The van der Waals surface area contributed by atoms with Gasteiger partial charge >= 0.3 is 0 Å². The highest BCUT2D eigenvalue weighted by molar-refractivity contribution is 7.98. The number of hydrogen-bond acceptors (Lipinski definition) is 3. The lowest BCUT2D eigenvalue weighted by molar-refractivity contribution is 0.0676. The molecule has 0 saturated carbocycles. The van der Waals surface area contributed by atoms with Crippen LogP contribution in [0, 0.1) is 0 Å². The van der Waals surface area contributed by atoms with E-state index < -0.39 is 0 Å². The molecular weight excluding hydrogens is 280 g/mol. The number of benzene rings is 1. The highest BCUT2D eigenvalue weighted by atomic mass is 32.2. The van der Waals surface area contributed by atoms with Gasteiger partial charge in [-0.2, -0.15) is 0 Å². The van der Waals surface area contributed by atoms with Crippen molar-refractivity contribution in [1.82, 2.24) is 10.2 Å². The molecule has 1 unspecified atom stereocenters. The molecule has 1 aromatic rings. The number of carbonyl (C=O) groups is 1. The molecule has 2 rings (SSSR count). The third-order valence-corrected chi connectivity index (χ3v) is 4.79. The van der Waals surface area contributed by atoms with Crippen molar-refractivity contribution >= 4 is 17.7 Å². The van der Waals surface area contributed by atoms with Gasteiger partial charge in [0.25, 0.3) is 5.91 Å². The normalized spacial score (nSPS) is 18.8. The lowest BCUT2D eigenvalue weighted by atomic mass is 10.0. The molecule has 1 atom stereocenters. The third kappa shape index (κ3) is 4.48. The van der Waals surface area contributed by atoms with E-state index in [1.165, 1.54) is 24.2 Å². The first-order chi connectivity index (χ1) is 10.1. The summed E-state index contributed by atoms with van der Waals surface area (Å²) in [4.78, 5) is 15.9. The number of amides is 1. The number of piperidine rings is 1. The van der Waals surface area contributed by atoms with Gasteiger partial charge in [-0.05, 0) is 63.8 Å². The summed E-state index contributed by atoms with van der Waals surface area (Å²) in [5, 5.41) is 3.53. The molecule has 1 heterocycles. The van der Waals surface area contributed by atoms with E-state index in [1.807, 2.05) is 35.4 Å². The minimum atomic E-state index is 0.144. The van der Waals surface area contributed by atoms with Crippen molar-refractivity contribution in [2.75, 3.05) is 19.3 Å². The molecule has 3 nitrogen and oxygen atoms in total. The van der Waals surface area contributed by atoms with Crippen molar-refractivity contribution in [2.45, 2.75) is 50.1 Å². The molecule has 1 amide bonds. The molecule has 0 radical (unpaired) electrons. The molecule has 1 aliphatic heterocycles. The van der Waals surface area contributed by atoms with E-state index in [-0.39, 0.29) is 11.9 Å². The molecule has 21 heavy (non-hydrogen) atoms. The summed E-state index contributed by atoms with van der Waals surface area (Å²) < 4.78 is 0. The van der Waals surface area contributed by atoms with Gasteiger partial charge < -0.3 is 10.2 Å². The molecule has 0 aromatic heterocycles. The average molecular weight is 306 g/mol. The molecule has 1 aromatic carbocycles. The summed E-state index contributed by atoms with van der Waals surface area (Å²) in [5.41, 5.74) is 0.789. The molecule has 4 heteroatoms. The van der Waals surface area contributed by atoms with Gasteiger partial charge in [0, 0.05) is 29.1 Å². The van der Waals surface area contributed by atoms with E-state index in [0.717, 1.165) is 18.7 Å². The average Bonchev–Trinajstić information content (AvgIpc) is 2.53. The minimum Gasteiger partial charge on any atom is -0.335 e. The summed E-state index contributed by atoms with van der Waals surface area (Å²) in [6.45, 7) is 6.07. The van der Waals surface area contributed by atoms with Crippen LogP contribution in [0.25, 0.3) is 0 Å². The standard InChI is InChI=1S/C17H26N2OS/c1-13(2)19(12-15-6-4-5-11-18-15)17(20)14-7-9-16(21-3)10-8-14/h7-10,13,15,18H,4-6,11-12H2,1-3H3. The van der Waals surface area contributed by atoms with E-state index in [9.17, 15) is 4.79 Å². The summed E-state index contributed by atoms with van der Waals surface area (Å²) >= 11 is 1.70. The van der Waals surface area contributed by atoms with E-state index >= 15 is 0 Å². The molecule has 0 aliphatic carbocycles. The lowest BCUT2D eigenvalue weighted by Gasteiger charge is -2.33. The molecule has 1 aliphatic rings. The second-order valence-corrected chi connectivity index (χ2v) is 6.81. The van der Waals surface area contributed by atoms with Crippen molar-refractivity contribution < 1.29 is 4.79 Å². The predicted molar refractivity (Wildman–Crippen MR) is 90.0 cm³/mol. The maximum Gasteiger partial charge on any atom is 0.254 e. The minimum absolute atomic E-state index is 0.144. The number of carbonyl (C=O) groups excluding carboxylic acids is 1. The van der Waals surface area contributed by atoms with E-state index in [1.54, 1.807) is 11.8 Å². The summed E-state index contributed by atoms with van der Waals surface area (Å²) in [6.07, 6.45) is 5.73. The van der Waals surface area contributed by atoms with Gasteiger partial charge in [0.1, 0.15) is 0 Å². The lowest BCUT2D eigenvalue weighted by Crippen LogP contribution is -2.48. The molecular formula is C17H26N2OS. The monoisotopic (exact) mass is 306 g/mol. The van der Waals surface area contributed by atoms with Gasteiger partial charge in [-0.3, -0.25) is 4.79 Å². The van der Waals surface area contributed by atoms with Crippen LogP contribution in [0.1, 0.15) is 43.5 Å².